The van der Waals surface area contributed by atoms with Crippen molar-refractivity contribution in [2.75, 3.05) is 6.54 Å². The average molecular weight is 299 g/mol. The van der Waals surface area contributed by atoms with Gasteiger partial charge in [0.1, 0.15) is 0 Å². The SMILES string of the molecule is CCc1nn(C)c(CNCCCC(=O)NC2CC2)c1Cl. The van der Waals surface area contributed by atoms with E-state index in [2.05, 4.69) is 15.7 Å². The van der Waals surface area contributed by atoms with Gasteiger partial charge in [-0.1, -0.05) is 18.5 Å². The lowest BCUT2D eigenvalue weighted by Gasteiger charge is -2.06. The second kappa shape index (κ2) is 7.09. The maximum atomic E-state index is 11.5. The molecule has 0 atom stereocenters. The van der Waals surface area contributed by atoms with Gasteiger partial charge >= 0.3 is 0 Å². The van der Waals surface area contributed by atoms with Crippen LogP contribution >= 0.6 is 11.6 Å². The van der Waals surface area contributed by atoms with Gasteiger partial charge in [-0.05, 0) is 32.2 Å². The number of hydrogen-bond acceptors (Lipinski definition) is 3. The van der Waals surface area contributed by atoms with Gasteiger partial charge in [-0.15, -0.1) is 0 Å². The van der Waals surface area contributed by atoms with Crippen molar-refractivity contribution in [3.05, 3.63) is 16.4 Å². The second-order valence-electron chi connectivity index (χ2n) is 5.31. The van der Waals surface area contributed by atoms with E-state index in [1.165, 1.54) is 0 Å². The number of aryl methyl sites for hydroxylation is 2. The third-order valence-electron chi connectivity index (χ3n) is 3.50. The Kier molecular flexibility index (Phi) is 5.43. The number of halogens is 1. The summed E-state index contributed by atoms with van der Waals surface area (Å²) in [5.74, 6) is 0.168. The molecule has 1 heterocycles. The van der Waals surface area contributed by atoms with Gasteiger partial charge in [-0.2, -0.15) is 5.10 Å². The smallest absolute Gasteiger partial charge is 0.220 e. The Hall–Kier alpha value is -1.07. The van der Waals surface area contributed by atoms with E-state index in [1.54, 1.807) is 0 Å². The van der Waals surface area contributed by atoms with Crippen LogP contribution in [-0.2, 0) is 24.8 Å². The van der Waals surface area contributed by atoms with Gasteiger partial charge in [0.25, 0.3) is 0 Å². The molecule has 1 fully saturated rings. The van der Waals surface area contributed by atoms with Crippen molar-refractivity contribution in [3.8, 4) is 0 Å². The summed E-state index contributed by atoms with van der Waals surface area (Å²) in [4.78, 5) is 11.5. The molecule has 0 aliphatic heterocycles. The Morgan fingerprint density at radius 2 is 2.25 bits per heavy atom. The zero-order valence-electron chi connectivity index (χ0n) is 12.2. The summed E-state index contributed by atoms with van der Waals surface area (Å²) in [7, 11) is 1.91. The monoisotopic (exact) mass is 298 g/mol. The van der Waals surface area contributed by atoms with Gasteiger partial charge < -0.3 is 10.6 Å². The predicted molar refractivity (Wildman–Crippen MR) is 79.7 cm³/mol. The van der Waals surface area contributed by atoms with Crippen molar-refractivity contribution >= 4 is 17.5 Å². The topological polar surface area (TPSA) is 59.0 Å². The molecule has 6 heteroatoms. The molecule has 0 aromatic carbocycles. The van der Waals surface area contributed by atoms with E-state index < -0.39 is 0 Å². The minimum atomic E-state index is 0.168. The number of hydrogen-bond donors (Lipinski definition) is 2. The maximum absolute atomic E-state index is 11.5. The number of amides is 1. The van der Waals surface area contributed by atoms with Crippen LogP contribution in [0.4, 0.5) is 0 Å². The van der Waals surface area contributed by atoms with E-state index >= 15 is 0 Å². The summed E-state index contributed by atoms with van der Waals surface area (Å²) in [6, 6.07) is 0.455. The van der Waals surface area contributed by atoms with E-state index in [0.29, 0.717) is 19.0 Å². The van der Waals surface area contributed by atoms with Gasteiger partial charge in [-0.3, -0.25) is 9.48 Å². The lowest BCUT2D eigenvalue weighted by atomic mass is 10.2. The third kappa shape index (κ3) is 4.21. The molecule has 112 valence electrons. The van der Waals surface area contributed by atoms with Crippen LogP contribution in [0.25, 0.3) is 0 Å². The molecule has 20 heavy (non-hydrogen) atoms. The lowest BCUT2D eigenvalue weighted by Crippen LogP contribution is -2.26. The normalized spacial score (nSPS) is 14.6. The molecule has 1 aliphatic rings. The molecule has 1 saturated carbocycles. The zero-order chi connectivity index (χ0) is 14.5. The summed E-state index contributed by atoms with van der Waals surface area (Å²) in [5, 5.41) is 11.4. The molecule has 0 unspecified atom stereocenters. The standard InChI is InChI=1S/C14H23ClN4O/c1-3-11-14(15)12(19(2)18-11)9-16-8-4-5-13(20)17-10-6-7-10/h10,16H,3-9H2,1-2H3,(H,17,20). The average Bonchev–Trinajstić information content (AvgIpc) is 3.18. The quantitative estimate of drug-likeness (QED) is 0.719. The van der Waals surface area contributed by atoms with Crippen LogP contribution in [0.2, 0.25) is 5.02 Å². The fraction of sp³-hybridized carbons (Fsp3) is 0.714. The van der Waals surface area contributed by atoms with Crippen LogP contribution < -0.4 is 10.6 Å². The van der Waals surface area contributed by atoms with Gasteiger partial charge in [0.05, 0.1) is 16.4 Å². The highest BCUT2D eigenvalue weighted by molar-refractivity contribution is 6.31. The first kappa shape index (κ1) is 15.3. The van der Waals surface area contributed by atoms with Gasteiger partial charge in [-0.25, -0.2) is 0 Å². The summed E-state index contributed by atoms with van der Waals surface area (Å²) in [6.45, 7) is 3.54. The van der Waals surface area contributed by atoms with Gasteiger partial charge in [0.2, 0.25) is 5.91 Å². The Morgan fingerprint density at radius 1 is 1.50 bits per heavy atom. The minimum Gasteiger partial charge on any atom is -0.353 e. The molecular formula is C14H23ClN4O. The first-order valence-electron chi connectivity index (χ1n) is 7.32. The van der Waals surface area contributed by atoms with E-state index in [-0.39, 0.29) is 5.91 Å². The summed E-state index contributed by atoms with van der Waals surface area (Å²) in [5.41, 5.74) is 1.95. The lowest BCUT2D eigenvalue weighted by molar-refractivity contribution is -0.121. The van der Waals surface area contributed by atoms with Crippen LogP contribution in [0.3, 0.4) is 0 Å². The highest BCUT2D eigenvalue weighted by Gasteiger charge is 2.22. The first-order chi connectivity index (χ1) is 9.61. The van der Waals surface area contributed by atoms with Crippen LogP contribution in [0.1, 0.15) is 44.0 Å². The first-order valence-corrected chi connectivity index (χ1v) is 7.70. The molecule has 1 aromatic heterocycles. The Bertz CT molecular complexity index is 468. The minimum absolute atomic E-state index is 0.168. The highest BCUT2D eigenvalue weighted by Crippen LogP contribution is 2.20. The molecule has 5 nitrogen and oxygen atoms in total. The van der Waals surface area contributed by atoms with E-state index in [9.17, 15) is 4.79 Å². The van der Waals surface area contributed by atoms with Crippen molar-refractivity contribution in [3.63, 3.8) is 0 Å². The molecule has 0 saturated heterocycles. The number of nitrogens with one attached hydrogen (secondary N) is 2. The molecule has 1 amide bonds. The molecule has 1 aromatic rings. The molecule has 0 spiro atoms. The molecule has 2 N–H and O–H groups in total. The van der Waals surface area contributed by atoms with Gasteiger partial charge in [0.15, 0.2) is 0 Å². The maximum Gasteiger partial charge on any atom is 0.220 e. The Balaban J connectivity index is 1.65. The molecule has 0 bridgehead atoms. The largest absolute Gasteiger partial charge is 0.353 e. The van der Waals surface area contributed by atoms with Crippen molar-refractivity contribution in [1.29, 1.82) is 0 Å². The van der Waals surface area contributed by atoms with Crippen molar-refractivity contribution < 1.29 is 4.79 Å². The number of aromatic nitrogens is 2. The molecular weight excluding hydrogens is 276 g/mol. The fourth-order valence-electron chi connectivity index (χ4n) is 2.12. The molecule has 1 aliphatic carbocycles. The Labute approximate surface area is 125 Å². The van der Waals surface area contributed by atoms with Gasteiger partial charge in [0, 0.05) is 26.1 Å². The van der Waals surface area contributed by atoms with Crippen LogP contribution in [0.15, 0.2) is 0 Å². The molecule has 0 radical (unpaired) electrons. The number of nitrogens with zero attached hydrogens (tertiary/aromatic N) is 2. The summed E-state index contributed by atoms with van der Waals surface area (Å²) < 4.78 is 1.83. The van der Waals surface area contributed by atoms with Crippen LogP contribution in [-0.4, -0.2) is 28.3 Å². The summed E-state index contributed by atoms with van der Waals surface area (Å²) >= 11 is 6.27. The van der Waals surface area contributed by atoms with Crippen LogP contribution in [0.5, 0.6) is 0 Å². The van der Waals surface area contributed by atoms with Crippen LogP contribution in [0, 0.1) is 0 Å². The van der Waals surface area contributed by atoms with E-state index in [0.717, 1.165) is 48.6 Å². The van der Waals surface area contributed by atoms with Crippen molar-refractivity contribution in [1.82, 2.24) is 20.4 Å². The number of carbonyl (C=O) groups is 1. The third-order valence-corrected chi connectivity index (χ3v) is 3.93. The number of rotatable bonds is 8. The fourth-order valence-corrected chi connectivity index (χ4v) is 2.48. The van der Waals surface area contributed by atoms with Crippen molar-refractivity contribution in [2.24, 2.45) is 7.05 Å². The summed E-state index contributed by atoms with van der Waals surface area (Å²) in [6.07, 6.45) is 4.55. The van der Waals surface area contributed by atoms with E-state index in [4.69, 9.17) is 11.6 Å². The van der Waals surface area contributed by atoms with Crippen molar-refractivity contribution in [2.45, 2.75) is 51.6 Å². The number of carbonyl (C=O) groups excluding carboxylic acids is 1. The highest BCUT2D eigenvalue weighted by atomic mass is 35.5. The predicted octanol–water partition coefficient (Wildman–Crippen LogP) is 1.78. The Morgan fingerprint density at radius 3 is 2.85 bits per heavy atom. The molecule has 2 rings (SSSR count). The second-order valence-corrected chi connectivity index (χ2v) is 5.68. The zero-order valence-corrected chi connectivity index (χ0v) is 13.0. The van der Waals surface area contributed by atoms with E-state index in [1.807, 2.05) is 18.7 Å².